The number of rotatable bonds is 5. The van der Waals surface area contributed by atoms with Crippen LogP contribution in [-0.2, 0) is 0 Å². The van der Waals surface area contributed by atoms with Gasteiger partial charge in [0.1, 0.15) is 0 Å². The lowest BCUT2D eigenvalue weighted by atomic mass is 10.2. The molecular weight excluding hydrogens is 120 g/mol. The molecule has 0 N–H and O–H groups in total. The average molecular weight is 135 g/mol. The summed E-state index contributed by atoms with van der Waals surface area (Å²) in [5.41, 5.74) is 0. The molecule has 1 radical (unpaired) electrons. The van der Waals surface area contributed by atoms with Gasteiger partial charge in [0.15, 0.2) is 0 Å². The molecule has 0 aromatic heterocycles. The molecule has 0 aliphatic carbocycles. The van der Waals surface area contributed by atoms with Crippen molar-refractivity contribution in [1.82, 2.24) is 0 Å². The van der Waals surface area contributed by atoms with Crippen LogP contribution < -0.4 is 0 Å². The molecule has 0 bridgehead atoms. The lowest BCUT2D eigenvalue weighted by Crippen LogP contribution is -1.66. The van der Waals surface area contributed by atoms with Crippen molar-refractivity contribution in [2.24, 2.45) is 0 Å². The summed E-state index contributed by atoms with van der Waals surface area (Å²) in [6, 6.07) is 0. The molecule has 0 fully saturated rings. The summed E-state index contributed by atoms with van der Waals surface area (Å²) in [5, 5.41) is 0. The van der Waals surface area contributed by atoms with E-state index in [9.17, 15) is 0 Å². The summed E-state index contributed by atoms with van der Waals surface area (Å²) < 4.78 is 0. The summed E-state index contributed by atoms with van der Waals surface area (Å²) in [6.45, 7) is 7.22. The van der Waals surface area contributed by atoms with Gasteiger partial charge in [-0.15, -0.1) is 6.58 Å². The predicted molar refractivity (Wildman–Crippen MR) is 47.7 cm³/mol. The number of unbranched alkanes of at least 4 members (excludes halogenated alkanes) is 2. The van der Waals surface area contributed by atoms with Crippen molar-refractivity contribution < 1.29 is 0 Å². The Morgan fingerprint density at radius 3 is 2.50 bits per heavy atom. The fraction of sp³-hybridized carbons (Fsp3) is 0.300. The molecular formula is C10H15. The Labute approximate surface area is 64.0 Å². The third kappa shape index (κ3) is 7.22. The zero-order valence-corrected chi connectivity index (χ0v) is 6.42. The van der Waals surface area contributed by atoms with Crippen LogP contribution >= 0.6 is 0 Å². The van der Waals surface area contributed by atoms with Crippen LogP contribution in [0.3, 0.4) is 0 Å². The maximum Gasteiger partial charge on any atom is -0.0313 e. The van der Waals surface area contributed by atoms with Crippen LogP contribution in [0.25, 0.3) is 0 Å². The van der Waals surface area contributed by atoms with Crippen molar-refractivity contribution in [3.8, 4) is 0 Å². The fourth-order valence-corrected chi connectivity index (χ4v) is 0.633. The quantitative estimate of drug-likeness (QED) is 0.308. The fourth-order valence-electron chi connectivity index (χ4n) is 0.633. The van der Waals surface area contributed by atoms with E-state index in [0.717, 1.165) is 12.8 Å². The molecule has 55 valence electrons. The van der Waals surface area contributed by atoms with E-state index < -0.39 is 0 Å². The Bertz CT molecular complexity index is 118. The van der Waals surface area contributed by atoms with Gasteiger partial charge in [0.25, 0.3) is 0 Å². The van der Waals surface area contributed by atoms with Crippen molar-refractivity contribution in [3.05, 3.63) is 43.9 Å². The molecule has 0 amide bonds. The van der Waals surface area contributed by atoms with Crippen molar-refractivity contribution in [3.63, 3.8) is 0 Å². The first-order chi connectivity index (χ1) is 4.91. The highest BCUT2D eigenvalue weighted by Gasteiger charge is 1.76. The van der Waals surface area contributed by atoms with E-state index in [-0.39, 0.29) is 0 Å². The van der Waals surface area contributed by atoms with E-state index in [2.05, 4.69) is 19.6 Å². The lowest BCUT2D eigenvalue weighted by Gasteiger charge is -1.86. The first-order valence-electron chi connectivity index (χ1n) is 3.63. The molecule has 0 aliphatic heterocycles. The van der Waals surface area contributed by atoms with Gasteiger partial charge in [0.05, 0.1) is 0 Å². The molecule has 0 rings (SSSR count). The SMILES string of the molecule is [CH2]/C=C/C=C/CCCC=C. The molecule has 0 aliphatic rings. The predicted octanol–water partition coefficient (Wildman–Crippen LogP) is 3.29. The van der Waals surface area contributed by atoms with Gasteiger partial charge in [0, 0.05) is 0 Å². The molecule has 0 saturated heterocycles. The monoisotopic (exact) mass is 135 g/mol. The molecule has 0 nitrogen and oxygen atoms in total. The smallest absolute Gasteiger partial charge is 0.0313 e. The molecule has 0 aromatic carbocycles. The Balaban J connectivity index is 3.09. The molecule has 10 heavy (non-hydrogen) atoms. The van der Waals surface area contributed by atoms with Gasteiger partial charge in [-0.1, -0.05) is 30.4 Å². The van der Waals surface area contributed by atoms with Crippen LogP contribution in [0.4, 0.5) is 0 Å². The summed E-state index contributed by atoms with van der Waals surface area (Å²) in [7, 11) is 0. The van der Waals surface area contributed by atoms with Gasteiger partial charge in [-0.05, 0) is 26.2 Å². The van der Waals surface area contributed by atoms with Gasteiger partial charge in [-0.3, -0.25) is 0 Å². The second-order valence-electron chi connectivity index (χ2n) is 2.08. The summed E-state index contributed by atoms with van der Waals surface area (Å²) >= 11 is 0. The molecule has 0 unspecified atom stereocenters. The number of allylic oxidation sites excluding steroid dienone is 5. The van der Waals surface area contributed by atoms with Gasteiger partial charge >= 0.3 is 0 Å². The molecule has 0 heteroatoms. The van der Waals surface area contributed by atoms with Gasteiger partial charge in [-0.25, -0.2) is 0 Å². The Hall–Kier alpha value is -0.780. The molecule has 0 spiro atoms. The topological polar surface area (TPSA) is 0 Å². The van der Waals surface area contributed by atoms with Crippen LogP contribution in [0.1, 0.15) is 19.3 Å². The van der Waals surface area contributed by atoms with E-state index in [1.165, 1.54) is 6.42 Å². The van der Waals surface area contributed by atoms with E-state index >= 15 is 0 Å². The standard InChI is InChI=1S/C10H15/c1-3-5-7-9-10-8-6-4-2/h3-5,7,9H,1-2,6,8,10H2/b5-3+,9-7+. The zero-order valence-electron chi connectivity index (χ0n) is 6.42. The second kappa shape index (κ2) is 8.22. The lowest BCUT2D eigenvalue weighted by molar-refractivity contribution is 0.870. The van der Waals surface area contributed by atoms with Crippen LogP contribution in [0.15, 0.2) is 37.0 Å². The molecule has 0 heterocycles. The van der Waals surface area contributed by atoms with Crippen LogP contribution in [-0.4, -0.2) is 0 Å². The van der Waals surface area contributed by atoms with Crippen LogP contribution in [0.5, 0.6) is 0 Å². The normalized spacial score (nSPS) is 11.3. The minimum atomic E-state index is 1.11. The van der Waals surface area contributed by atoms with Crippen molar-refractivity contribution in [2.75, 3.05) is 0 Å². The van der Waals surface area contributed by atoms with E-state index in [1.807, 2.05) is 18.2 Å². The Morgan fingerprint density at radius 2 is 1.90 bits per heavy atom. The average Bonchev–Trinajstić information content (AvgIpc) is 1.97. The summed E-state index contributed by atoms with van der Waals surface area (Å²) in [5.74, 6) is 0. The molecule has 0 atom stereocenters. The minimum Gasteiger partial charge on any atom is -0.103 e. The highest BCUT2D eigenvalue weighted by atomic mass is 13.8. The highest BCUT2D eigenvalue weighted by Crippen LogP contribution is 1.96. The zero-order chi connectivity index (χ0) is 7.66. The third-order valence-corrected chi connectivity index (χ3v) is 1.16. The van der Waals surface area contributed by atoms with Crippen molar-refractivity contribution in [1.29, 1.82) is 0 Å². The van der Waals surface area contributed by atoms with E-state index in [4.69, 9.17) is 0 Å². The third-order valence-electron chi connectivity index (χ3n) is 1.16. The maximum absolute atomic E-state index is 3.65. The van der Waals surface area contributed by atoms with E-state index in [1.54, 1.807) is 6.08 Å². The summed E-state index contributed by atoms with van der Waals surface area (Å²) in [4.78, 5) is 0. The number of hydrogen-bond donors (Lipinski definition) is 0. The minimum absolute atomic E-state index is 1.11. The first-order valence-corrected chi connectivity index (χ1v) is 3.63. The largest absolute Gasteiger partial charge is 0.103 e. The summed E-state index contributed by atoms with van der Waals surface area (Å²) in [6.07, 6.45) is 13.3. The Kier molecular flexibility index (Phi) is 7.58. The van der Waals surface area contributed by atoms with Crippen LogP contribution in [0.2, 0.25) is 0 Å². The van der Waals surface area contributed by atoms with Gasteiger partial charge in [0.2, 0.25) is 0 Å². The molecule has 0 aromatic rings. The highest BCUT2D eigenvalue weighted by molar-refractivity contribution is 5.03. The van der Waals surface area contributed by atoms with Crippen LogP contribution in [0, 0.1) is 6.92 Å². The first kappa shape index (κ1) is 9.22. The van der Waals surface area contributed by atoms with Gasteiger partial charge in [-0.2, -0.15) is 0 Å². The van der Waals surface area contributed by atoms with Gasteiger partial charge < -0.3 is 0 Å². The second-order valence-corrected chi connectivity index (χ2v) is 2.08. The van der Waals surface area contributed by atoms with Crippen molar-refractivity contribution >= 4 is 0 Å². The van der Waals surface area contributed by atoms with Crippen molar-refractivity contribution in [2.45, 2.75) is 19.3 Å². The Morgan fingerprint density at radius 1 is 1.10 bits per heavy atom. The molecule has 0 saturated carbocycles. The number of hydrogen-bond acceptors (Lipinski definition) is 0. The maximum atomic E-state index is 3.65. The van der Waals surface area contributed by atoms with E-state index in [0.29, 0.717) is 0 Å².